The summed E-state index contributed by atoms with van der Waals surface area (Å²) in [5.74, 6) is 0.716. The maximum Gasteiger partial charge on any atom is 0.241 e. The SMILES string of the molecule is Cc1cc(C)cc(NC(=O)C2CC(C)CCN2)c1. The molecular formula is C15H22N2O. The maximum absolute atomic E-state index is 12.2. The number of anilines is 1. The fourth-order valence-electron chi connectivity index (χ4n) is 2.58. The summed E-state index contributed by atoms with van der Waals surface area (Å²) in [4.78, 5) is 12.2. The molecule has 0 saturated carbocycles. The van der Waals surface area contributed by atoms with E-state index in [2.05, 4.69) is 23.6 Å². The fraction of sp³-hybridized carbons (Fsp3) is 0.533. The summed E-state index contributed by atoms with van der Waals surface area (Å²) >= 11 is 0. The molecule has 1 aromatic rings. The van der Waals surface area contributed by atoms with E-state index in [0.717, 1.165) is 25.1 Å². The van der Waals surface area contributed by atoms with E-state index < -0.39 is 0 Å². The van der Waals surface area contributed by atoms with Crippen LogP contribution >= 0.6 is 0 Å². The third-order valence-corrected chi connectivity index (χ3v) is 3.47. The van der Waals surface area contributed by atoms with Crippen LogP contribution in [0.4, 0.5) is 5.69 Å². The number of rotatable bonds is 2. The Bertz CT molecular complexity index is 422. The maximum atomic E-state index is 12.2. The summed E-state index contributed by atoms with van der Waals surface area (Å²) in [5.41, 5.74) is 3.25. The predicted molar refractivity (Wildman–Crippen MR) is 74.7 cm³/mol. The molecule has 2 N–H and O–H groups in total. The van der Waals surface area contributed by atoms with E-state index >= 15 is 0 Å². The lowest BCUT2D eigenvalue weighted by atomic mass is 9.94. The molecule has 1 aromatic carbocycles. The second-order valence-electron chi connectivity index (χ2n) is 5.50. The van der Waals surface area contributed by atoms with Gasteiger partial charge in [-0.3, -0.25) is 4.79 Å². The third-order valence-electron chi connectivity index (χ3n) is 3.47. The minimum absolute atomic E-state index is 0.0467. The molecule has 1 aliphatic rings. The van der Waals surface area contributed by atoms with Crippen molar-refractivity contribution in [2.45, 2.75) is 39.7 Å². The Morgan fingerprint density at radius 1 is 1.28 bits per heavy atom. The monoisotopic (exact) mass is 246 g/mol. The van der Waals surface area contributed by atoms with Gasteiger partial charge in [0.1, 0.15) is 0 Å². The van der Waals surface area contributed by atoms with Crippen molar-refractivity contribution in [1.29, 1.82) is 0 Å². The molecule has 98 valence electrons. The summed E-state index contributed by atoms with van der Waals surface area (Å²) in [5, 5.41) is 6.30. The first-order valence-electron chi connectivity index (χ1n) is 6.67. The quantitative estimate of drug-likeness (QED) is 0.842. The Morgan fingerprint density at radius 2 is 1.94 bits per heavy atom. The Kier molecular flexibility index (Phi) is 4.02. The lowest BCUT2D eigenvalue weighted by Gasteiger charge is -2.27. The standard InChI is InChI=1S/C15H22N2O/c1-10-4-5-16-14(9-10)15(18)17-13-7-11(2)6-12(3)8-13/h6-8,10,14,16H,4-5,9H2,1-3H3,(H,17,18). The van der Waals surface area contributed by atoms with E-state index in [1.165, 1.54) is 11.1 Å². The van der Waals surface area contributed by atoms with Crippen LogP contribution in [0.1, 0.15) is 30.9 Å². The number of carbonyl (C=O) groups excluding carboxylic acids is 1. The number of aryl methyl sites for hydroxylation is 2. The van der Waals surface area contributed by atoms with Crippen molar-refractivity contribution in [2.75, 3.05) is 11.9 Å². The van der Waals surface area contributed by atoms with Crippen LogP contribution in [0.25, 0.3) is 0 Å². The van der Waals surface area contributed by atoms with E-state index in [9.17, 15) is 4.79 Å². The van der Waals surface area contributed by atoms with Gasteiger partial charge in [0.15, 0.2) is 0 Å². The molecule has 2 rings (SSSR count). The van der Waals surface area contributed by atoms with Crippen molar-refractivity contribution in [3.05, 3.63) is 29.3 Å². The van der Waals surface area contributed by atoms with Gasteiger partial charge in [0, 0.05) is 5.69 Å². The topological polar surface area (TPSA) is 41.1 Å². The van der Waals surface area contributed by atoms with E-state index in [0.29, 0.717) is 5.92 Å². The van der Waals surface area contributed by atoms with Gasteiger partial charge in [0.25, 0.3) is 0 Å². The number of carbonyl (C=O) groups is 1. The van der Waals surface area contributed by atoms with Gasteiger partial charge in [0.2, 0.25) is 5.91 Å². The highest BCUT2D eigenvalue weighted by atomic mass is 16.2. The lowest BCUT2D eigenvalue weighted by Crippen LogP contribution is -2.45. The normalized spacial score (nSPS) is 23.7. The van der Waals surface area contributed by atoms with Crippen LogP contribution in [-0.2, 0) is 4.79 Å². The first kappa shape index (κ1) is 13.1. The van der Waals surface area contributed by atoms with Crippen LogP contribution in [0.5, 0.6) is 0 Å². The van der Waals surface area contributed by atoms with Crippen molar-refractivity contribution >= 4 is 11.6 Å². The molecule has 2 unspecified atom stereocenters. The highest BCUT2D eigenvalue weighted by Gasteiger charge is 2.24. The van der Waals surface area contributed by atoms with Gasteiger partial charge < -0.3 is 10.6 Å². The van der Waals surface area contributed by atoms with Gasteiger partial charge in [-0.15, -0.1) is 0 Å². The van der Waals surface area contributed by atoms with Crippen molar-refractivity contribution in [2.24, 2.45) is 5.92 Å². The largest absolute Gasteiger partial charge is 0.325 e. The molecule has 0 radical (unpaired) electrons. The number of benzene rings is 1. The highest BCUT2D eigenvalue weighted by Crippen LogP contribution is 2.18. The zero-order valence-electron chi connectivity index (χ0n) is 11.4. The molecule has 0 aromatic heterocycles. The summed E-state index contributed by atoms with van der Waals surface area (Å²) in [7, 11) is 0. The number of hydrogen-bond donors (Lipinski definition) is 2. The molecule has 1 heterocycles. The molecule has 3 nitrogen and oxygen atoms in total. The van der Waals surface area contributed by atoms with Crippen LogP contribution < -0.4 is 10.6 Å². The van der Waals surface area contributed by atoms with Crippen molar-refractivity contribution in [3.63, 3.8) is 0 Å². The van der Waals surface area contributed by atoms with Gasteiger partial charge in [-0.1, -0.05) is 13.0 Å². The van der Waals surface area contributed by atoms with Crippen molar-refractivity contribution in [3.8, 4) is 0 Å². The summed E-state index contributed by atoms with van der Waals surface area (Å²) in [6, 6.07) is 6.08. The third kappa shape index (κ3) is 3.33. The molecule has 2 atom stereocenters. The van der Waals surface area contributed by atoms with Crippen LogP contribution in [0.2, 0.25) is 0 Å². The molecule has 3 heteroatoms. The molecule has 1 fully saturated rings. The molecule has 0 spiro atoms. The molecule has 1 aliphatic heterocycles. The number of hydrogen-bond acceptors (Lipinski definition) is 2. The van der Waals surface area contributed by atoms with Crippen molar-refractivity contribution < 1.29 is 4.79 Å². The Hall–Kier alpha value is -1.35. The lowest BCUT2D eigenvalue weighted by molar-refractivity contribution is -0.119. The van der Waals surface area contributed by atoms with Crippen LogP contribution in [0.3, 0.4) is 0 Å². The van der Waals surface area contributed by atoms with Gasteiger partial charge in [-0.05, 0) is 62.4 Å². The summed E-state index contributed by atoms with van der Waals surface area (Å²) in [6.45, 7) is 7.23. The van der Waals surface area contributed by atoms with Crippen LogP contribution in [0, 0.1) is 19.8 Å². The Balaban J connectivity index is 2.02. The molecule has 18 heavy (non-hydrogen) atoms. The smallest absolute Gasteiger partial charge is 0.241 e. The number of amides is 1. The highest BCUT2D eigenvalue weighted by molar-refractivity contribution is 5.95. The van der Waals surface area contributed by atoms with E-state index in [1.807, 2.05) is 26.0 Å². The second-order valence-corrected chi connectivity index (χ2v) is 5.50. The molecule has 1 saturated heterocycles. The van der Waals surface area contributed by atoms with E-state index in [4.69, 9.17) is 0 Å². The average molecular weight is 246 g/mol. The van der Waals surface area contributed by atoms with E-state index in [-0.39, 0.29) is 11.9 Å². The zero-order valence-corrected chi connectivity index (χ0v) is 11.4. The van der Waals surface area contributed by atoms with E-state index in [1.54, 1.807) is 0 Å². The molecule has 0 bridgehead atoms. The Morgan fingerprint density at radius 3 is 2.56 bits per heavy atom. The van der Waals surface area contributed by atoms with Gasteiger partial charge in [0.05, 0.1) is 6.04 Å². The van der Waals surface area contributed by atoms with Gasteiger partial charge in [-0.2, -0.15) is 0 Å². The van der Waals surface area contributed by atoms with Crippen LogP contribution in [-0.4, -0.2) is 18.5 Å². The van der Waals surface area contributed by atoms with Gasteiger partial charge in [-0.25, -0.2) is 0 Å². The zero-order chi connectivity index (χ0) is 13.1. The van der Waals surface area contributed by atoms with Gasteiger partial charge >= 0.3 is 0 Å². The summed E-state index contributed by atoms with van der Waals surface area (Å²) in [6.07, 6.45) is 2.09. The average Bonchev–Trinajstić information content (AvgIpc) is 2.27. The fourth-order valence-corrected chi connectivity index (χ4v) is 2.58. The minimum Gasteiger partial charge on any atom is -0.325 e. The Labute approximate surface area is 109 Å². The summed E-state index contributed by atoms with van der Waals surface area (Å²) < 4.78 is 0. The second kappa shape index (κ2) is 5.53. The number of nitrogens with one attached hydrogen (secondary N) is 2. The molecule has 1 amide bonds. The first-order valence-corrected chi connectivity index (χ1v) is 6.67. The predicted octanol–water partition coefficient (Wildman–Crippen LogP) is 2.63. The first-order chi connectivity index (χ1) is 8.54. The number of piperidine rings is 1. The molecule has 0 aliphatic carbocycles. The van der Waals surface area contributed by atoms with Crippen LogP contribution in [0.15, 0.2) is 18.2 Å². The van der Waals surface area contributed by atoms with Crippen molar-refractivity contribution in [1.82, 2.24) is 5.32 Å². The minimum atomic E-state index is -0.0467. The molecular weight excluding hydrogens is 224 g/mol.